The number of esters is 1. The van der Waals surface area contributed by atoms with Crippen LogP contribution in [0.2, 0.25) is 0 Å². The van der Waals surface area contributed by atoms with Crippen molar-refractivity contribution in [2.75, 3.05) is 20.8 Å². The molecule has 0 unspecified atom stereocenters. The molecule has 3 aromatic rings. The van der Waals surface area contributed by atoms with Gasteiger partial charge in [0.05, 0.1) is 26.4 Å². The van der Waals surface area contributed by atoms with Crippen molar-refractivity contribution < 1.29 is 19.0 Å². The van der Waals surface area contributed by atoms with E-state index in [2.05, 4.69) is 12.1 Å². The van der Waals surface area contributed by atoms with E-state index in [0.717, 1.165) is 60.3 Å². The first-order valence-electron chi connectivity index (χ1n) is 11.1. The molecular weight excluding hydrogens is 400 g/mol. The third-order valence-corrected chi connectivity index (χ3v) is 5.58. The van der Waals surface area contributed by atoms with Gasteiger partial charge in [0.2, 0.25) is 0 Å². The topological polar surface area (TPSA) is 44.8 Å². The second-order valence-corrected chi connectivity index (χ2v) is 7.90. The van der Waals surface area contributed by atoms with E-state index < -0.39 is 0 Å². The van der Waals surface area contributed by atoms with Crippen LogP contribution in [0.25, 0.3) is 11.1 Å². The summed E-state index contributed by atoms with van der Waals surface area (Å²) in [6.07, 6.45) is 4.32. The molecule has 4 nitrogen and oxygen atoms in total. The van der Waals surface area contributed by atoms with Crippen molar-refractivity contribution in [1.82, 2.24) is 0 Å². The van der Waals surface area contributed by atoms with Crippen LogP contribution in [0.15, 0.2) is 66.7 Å². The van der Waals surface area contributed by atoms with Crippen LogP contribution in [-0.2, 0) is 22.5 Å². The predicted octanol–water partition coefficient (Wildman–Crippen LogP) is 6.39. The number of unbranched alkanes of at least 4 members (excludes halogenated alkanes) is 2. The Hall–Kier alpha value is -3.11. The second kappa shape index (κ2) is 12.1. The van der Waals surface area contributed by atoms with Crippen molar-refractivity contribution in [3.8, 4) is 16.9 Å². The largest absolute Gasteiger partial charge is 0.497 e. The summed E-state index contributed by atoms with van der Waals surface area (Å²) in [5.74, 6) is 0.584. The minimum atomic E-state index is -0.327. The van der Waals surface area contributed by atoms with Crippen LogP contribution in [0.1, 0.15) is 46.3 Å². The highest BCUT2D eigenvalue weighted by atomic mass is 16.5. The van der Waals surface area contributed by atoms with Crippen LogP contribution >= 0.6 is 0 Å². The van der Waals surface area contributed by atoms with Gasteiger partial charge in [0.1, 0.15) is 5.75 Å². The molecule has 0 aliphatic carbocycles. The third kappa shape index (κ3) is 6.44. The lowest BCUT2D eigenvalue weighted by Crippen LogP contribution is -2.05. The van der Waals surface area contributed by atoms with Crippen molar-refractivity contribution >= 4 is 5.97 Å². The first-order valence-corrected chi connectivity index (χ1v) is 11.1. The summed E-state index contributed by atoms with van der Waals surface area (Å²) >= 11 is 0. The quantitative estimate of drug-likeness (QED) is 0.260. The number of hydrogen-bond donors (Lipinski definition) is 0. The van der Waals surface area contributed by atoms with E-state index >= 15 is 0 Å². The average molecular weight is 433 g/mol. The van der Waals surface area contributed by atoms with E-state index in [4.69, 9.17) is 14.2 Å². The number of carbonyl (C=O) groups excluding carboxylic acids is 1. The van der Waals surface area contributed by atoms with Crippen molar-refractivity contribution in [3.63, 3.8) is 0 Å². The molecule has 0 heterocycles. The van der Waals surface area contributed by atoms with Gasteiger partial charge in [-0.05, 0) is 78.3 Å². The number of benzene rings is 3. The zero-order valence-electron chi connectivity index (χ0n) is 19.2. The molecular formula is C28H32O4. The van der Waals surface area contributed by atoms with Crippen LogP contribution < -0.4 is 4.74 Å². The molecule has 168 valence electrons. The fourth-order valence-electron chi connectivity index (χ4n) is 3.80. The van der Waals surface area contributed by atoms with Gasteiger partial charge >= 0.3 is 5.97 Å². The van der Waals surface area contributed by atoms with E-state index in [0.29, 0.717) is 12.2 Å². The predicted molar refractivity (Wildman–Crippen MR) is 128 cm³/mol. The molecule has 0 saturated heterocycles. The molecule has 0 bridgehead atoms. The highest BCUT2D eigenvalue weighted by Gasteiger charge is 2.15. The van der Waals surface area contributed by atoms with Gasteiger partial charge in [-0.3, -0.25) is 0 Å². The summed E-state index contributed by atoms with van der Waals surface area (Å²) in [4.78, 5) is 12.3. The molecule has 0 aliphatic heterocycles. The SMILES string of the molecule is COC(=O)c1ccc(COCCCCCc2cccc(OC)c2)cc1-c1ccccc1C. The van der Waals surface area contributed by atoms with Crippen LogP contribution in [-0.4, -0.2) is 26.8 Å². The van der Waals surface area contributed by atoms with Crippen LogP contribution in [0, 0.1) is 6.92 Å². The molecule has 4 heteroatoms. The normalized spacial score (nSPS) is 10.7. The average Bonchev–Trinajstić information content (AvgIpc) is 2.83. The first kappa shape index (κ1) is 23.6. The van der Waals surface area contributed by atoms with Crippen molar-refractivity contribution in [2.45, 2.75) is 39.2 Å². The Balaban J connectivity index is 1.51. The monoisotopic (exact) mass is 432 g/mol. The molecule has 0 saturated carbocycles. The second-order valence-electron chi connectivity index (χ2n) is 7.90. The summed E-state index contributed by atoms with van der Waals surface area (Å²) < 4.78 is 16.2. The number of methoxy groups -OCH3 is 2. The summed E-state index contributed by atoms with van der Waals surface area (Å²) in [6, 6.07) is 22.1. The first-order chi connectivity index (χ1) is 15.6. The van der Waals surface area contributed by atoms with Gasteiger partial charge in [0, 0.05) is 6.61 Å². The van der Waals surface area contributed by atoms with E-state index in [1.807, 2.05) is 61.5 Å². The fourth-order valence-corrected chi connectivity index (χ4v) is 3.80. The van der Waals surface area contributed by atoms with E-state index in [1.54, 1.807) is 7.11 Å². The highest BCUT2D eigenvalue weighted by molar-refractivity contribution is 5.97. The van der Waals surface area contributed by atoms with Crippen molar-refractivity contribution in [1.29, 1.82) is 0 Å². The minimum Gasteiger partial charge on any atom is -0.497 e. The third-order valence-electron chi connectivity index (χ3n) is 5.58. The molecule has 0 radical (unpaired) electrons. The van der Waals surface area contributed by atoms with Crippen molar-refractivity contribution in [3.05, 3.63) is 89.0 Å². The van der Waals surface area contributed by atoms with Crippen LogP contribution in [0.5, 0.6) is 5.75 Å². The van der Waals surface area contributed by atoms with E-state index in [1.165, 1.54) is 12.7 Å². The van der Waals surface area contributed by atoms with E-state index in [-0.39, 0.29) is 5.97 Å². The maximum Gasteiger partial charge on any atom is 0.338 e. The number of hydrogen-bond acceptors (Lipinski definition) is 4. The Morgan fingerprint density at radius 3 is 2.44 bits per heavy atom. The van der Waals surface area contributed by atoms with Gasteiger partial charge in [-0.25, -0.2) is 4.79 Å². The molecule has 0 amide bonds. The summed E-state index contributed by atoms with van der Waals surface area (Å²) in [5.41, 5.74) is 5.96. The molecule has 3 rings (SSSR count). The van der Waals surface area contributed by atoms with Gasteiger partial charge in [-0.15, -0.1) is 0 Å². The Labute approximate surface area is 191 Å². The smallest absolute Gasteiger partial charge is 0.338 e. The summed E-state index contributed by atoms with van der Waals surface area (Å²) in [7, 11) is 3.11. The van der Waals surface area contributed by atoms with Gasteiger partial charge in [-0.2, -0.15) is 0 Å². The summed E-state index contributed by atoms with van der Waals surface area (Å²) in [5, 5.41) is 0. The number of aryl methyl sites for hydroxylation is 2. The van der Waals surface area contributed by atoms with Gasteiger partial charge < -0.3 is 14.2 Å². The highest BCUT2D eigenvalue weighted by Crippen LogP contribution is 2.29. The number of rotatable bonds is 11. The molecule has 0 spiro atoms. The molecule has 0 N–H and O–H groups in total. The maximum absolute atomic E-state index is 12.3. The fraction of sp³-hybridized carbons (Fsp3) is 0.321. The molecule has 0 aromatic heterocycles. The van der Waals surface area contributed by atoms with Crippen molar-refractivity contribution in [2.24, 2.45) is 0 Å². The standard InChI is InChI=1S/C28H32O4/c1-21-10-6-7-14-25(21)27-19-23(15-16-26(27)28(29)31-3)20-32-17-8-4-5-11-22-12-9-13-24(18-22)30-2/h6-7,9-10,12-16,18-19H,4-5,8,11,17,20H2,1-3H3. The molecule has 32 heavy (non-hydrogen) atoms. The zero-order valence-corrected chi connectivity index (χ0v) is 19.2. The van der Waals surface area contributed by atoms with E-state index in [9.17, 15) is 4.79 Å². The Kier molecular flexibility index (Phi) is 8.88. The molecule has 3 aromatic carbocycles. The van der Waals surface area contributed by atoms with Crippen LogP contribution in [0.4, 0.5) is 0 Å². The lowest BCUT2D eigenvalue weighted by Gasteiger charge is -2.13. The molecule has 0 aliphatic rings. The minimum absolute atomic E-state index is 0.327. The lowest BCUT2D eigenvalue weighted by molar-refractivity contribution is 0.0601. The zero-order chi connectivity index (χ0) is 22.8. The van der Waals surface area contributed by atoms with Gasteiger partial charge in [0.25, 0.3) is 0 Å². The Morgan fingerprint density at radius 2 is 1.66 bits per heavy atom. The van der Waals surface area contributed by atoms with Gasteiger partial charge in [-0.1, -0.05) is 48.9 Å². The Bertz CT molecular complexity index is 1030. The molecule has 0 atom stereocenters. The lowest BCUT2D eigenvalue weighted by atomic mass is 9.94. The molecule has 0 fully saturated rings. The number of ether oxygens (including phenoxy) is 3. The summed E-state index contributed by atoms with van der Waals surface area (Å²) in [6.45, 7) is 3.29. The Morgan fingerprint density at radius 1 is 0.812 bits per heavy atom. The van der Waals surface area contributed by atoms with Gasteiger partial charge in [0.15, 0.2) is 0 Å². The maximum atomic E-state index is 12.3. The number of carbonyl (C=O) groups is 1. The van der Waals surface area contributed by atoms with Crippen LogP contribution in [0.3, 0.4) is 0 Å².